The van der Waals surface area contributed by atoms with E-state index in [9.17, 15) is 4.79 Å². The molecule has 2 aliphatic heterocycles. The molecule has 1 aromatic heterocycles. The van der Waals surface area contributed by atoms with Gasteiger partial charge in [0.25, 0.3) is 5.91 Å². The van der Waals surface area contributed by atoms with Gasteiger partial charge in [-0.15, -0.1) is 5.10 Å². The molecule has 3 heterocycles. The Bertz CT molecular complexity index is 448. The maximum absolute atomic E-state index is 12.1. The first-order valence-electron chi connectivity index (χ1n) is 5.91. The topological polar surface area (TPSA) is 63.1 Å². The molecule has 1 saturated heterocycles. The van der Waals surface area contributed by atoms with Crippen LogP contribution in [0.1, 0.15) is 23.0 Å². The minimum atomic E-state index is -0.0205. The van der Waals surface area contributed by atoms with Crippen LogP contribution in [0.2, 0.25) is 0 Å². The van der Waals surface area contributed by atoms with Crippen molar-refractivity contribution in [2.24, 2.45) is 0 Å². The Morgan fingerprint density at radius 1 is 1.41 bits per heavy atom. The van der Waals surface area contributed by atoms with Gasteiger partial charge in [-0.2, -0.15) is 0 Å². The molecule has 90 valence electrons. The van der Waals surface area contributed by atoms with E-state index in [2.05, 4.69) is 21.7 Å². The lowest BCUT2D eigenvalue weighted by atomic mass is 10.2. The lowest BCUT2D eigenvalue weighted by Gasteiger charge is -2.26. The van der Waals surface area contributed by atoms with Gasteiger partial charge in [0.15, 0.2) is 5.69 Å². The van der Waals surface area contributed by atoms with Crippen molar-refractivity contribution in [1.29, 1.82) is 0 Å². The number of nitrogens with one attached hydrogen (secondary N) is 1. The molecule has 0 bridgehead atoms. The molecular weight excluding hydrogens is 218 g/mol. The fourth-order valence-corrected chi connectivity index (χ4v) is 2.00. The number of nitrogens with zero attached hydrogens (tertiary/aromatic N) is 4. The highest BCUT2D eigenvalue weighted by molar-refractivity contribution is 5.92. The van der Waals surface area contributed by atoms with Crippen LogP contribution in [0, 0.1) is 0 Å². The van der Waals surface area contributed by atoms with Crippen LogP contribution in [-0.2, 0) is 0 Å². The Morgan fingerprint density at radius 3 is 2.94 bits per heavy atom. The van der Waals surface area contributed by atoms with E-state index in [1.165, 1.54) is 0 Å². The maximum Gasteiger partial charge on any atom is 0.276 e. The molecule has 1 amide bonds. The Hall–Kier alpha value is -1.69. The van der Waals surface area contributed by atoms with Gasteiger partial charge in [-0.1, -0.05) is 17.4 Å². The van der Waals surface area contributed by atoms with Crippen LogP contribution in [0.15, 0.2) is 18.3 Å². The summed E-state index contributed by atoms with van der Waals surface area (Å²) in [5.74, 6) is -0.0205. The van der Waals surface area contributed by atoms with E-state index in [1.54, 1.807) is 15.8 Å². The van der Waals surface area contributed by atoms with E-state index in [0.29, 0.717) is 18.3 Å². The molecule has 1 fully saturated rings. The Balaban J connectivity index is 1.72. The van der Waals surface area contributed by atoms with E-state index in [0.717, 1.165) is 26.1 Å². The summed E-state index contributed by atoms with van der Waals surface area (Å²) in [6, 6.07) is 0.352. The molecule has 0 spiro atoms. The molecule has 17 heavy (non-hydrogen) atoms. The van der Waals surface area contributed by atoms with Gasteiger partial charge >= 0.3 is 0 Å². The molecule has 0 aromatic carbocycles. The van der Waals surface area contributed by atoms with Crippen molar-refractivity contribution >= 4 is 5.91 Å². The standard InChI is InChI=1S/C11H15N5O/c17-11(15-4-2-1-3-5-15)10-8-16(14-13-10)9-6-12-7-9/h1-2,8-9,12H,3-7H2. The average Bonchev–Trinajstić information content (AvgIpc) is 2.76. The molecule has 6 heteroatoms. The molecule has 0 aliphatic carbocycles. The highest BCUT2D eigenvalue weighted by Crippen LogP contribution is 2.12. The van der Waals surface area contributed by atoms with Crippen LogP contribution in [0.5, 0.6) is 0 Å². The smallest absolute Gasteiger partial charge is 0.276 e. The molecule has 0 unspecified atom stereocenters. The first-order valence-corrected chi connectivity index (χ1v) is 5.91. The SMILES string of the molecule is O=C(c1cn(C2CNC2)nn1)N1CC=CCC1. The number of hydrogen-bond donors (Lipinski definition) is 1. The summed E-state index contributed by atoms with van der Waals surface area (Å²) < 4.78 is 1.78. The third kappa shape index (κ3) is 1.95. The van der Waals surface area contributed by atoms with Gasteiger partial charge in [0, 0.05) is 26.2 Å². The zero-order valence-electron chi connectivity index (χ0n) is 9.54. The number of carbonyl (C=O) groups excluding carboxylic acids is 1. The number of aromatic nitrogens is 3. The maximum atomic E-state index is 12.1. The molecule has 0 radical (unpaired) electrons. The predicted molar refractivity (Wildman–Crippen MR) is 61.6 cm³/mol. The number of hydrogen-bond acceptors (Lipinski definition) is 4. The summed E-state index contributed by atoms with van der Waals surface area (Å²) in [6.07, 6.45) is 6.79. The number of rotatable bonds is 2. The molecular formula is C11H15N5O. The van der Waals surface area contributed by atoms with Crippen LogP contribution in [0.4, 0.5) is 0 Å². The van der Waals surface area contributed by atoms with E-state index >= 15 is 0 Å². The van der Waals surface area contributed by atoms with Crippen molar-refractivity contribution in [1.82, 2.24) is 25.2 Å². The second-order valence-corrected chi connectivity index (χ2v) is 4.41. The molecule has 3 rings (SSSR count). The molecule has 0 atom stereocenters. The molecule has 1 aromatic rings. The summed E-state index contributed by atoms with van der Waals surface area (Å²) in [7, 11) is 0. The van der Waals surface area contributed by atoms with Gasteiger partial charge < -0.3 is 10.2 Å². The highest BCUT2D eigenvalue weighted by atomic mass is 16.2. The predicted octanol–water partition coefficient (Wildman–Crippen LogP) is -0.175. The van der Waals surface area contributed by atoms with Crippen molar-refractivity contribution in [3.8, 4) is 0 Å². The first-order chi connectivity index (χ1) is 8.34. The summed E-state index contributed by atoms with van der Waals surface area (Å²) in [5.41, 5.74) is 0.451. The fraction of sp³-hybridized carbons (Fsp3) is 0.545. The normalized spacial score (nSPS) is 20.4. The quantitative estimate of drug-likeness (QED) is 0.720. The monoisotopic (exact) mass is 233 g/mol. The van der Waals surface area contributed by atoms with Crippen molar-refractivity contribution in [2.75, 3.05) is 26.2 Å². The second-order valence-electron chi connectivity index (χ2n) is 4.41. The van der Waals surface area contributed by atoms with E-state index in [-0.39, 0.29) is 5.91 Å². The minimum Gasteiger partial charge on any atom is -0.333 e. The van der Waals surface area contributed by atoms with E-state index < -0.39 is 0 Å². The largest absolute Gasteiger partial charge is 0.333 e. The molecule has 1 N–H and O–H groups in total. The van der Waals surface area contributed by atoms with Crippen molar-refractivity contribution in [3.63, 3.8) is 0 Å². The van der Waals surface area contributed by atoms with E-state index in [4.69, 9.17) is 0 Å². The first kappa shape index (κ1) is 10.5. The van der Waals surface area contributed by atoms with Gasteiger partial charge in [-0.05, 0) is 6.42 Å². The van der Waals surface area contributed by atoms with Crippen LogP contribution in [0.25, 0.3) is 0 Å². The van der Waals surface area contributed by atoms with Crippen LogP contribution >= 0.6 is 0 Å². The molecule has 2 aliphatic rings. The Morgan fingerprint density at radius 2 is 2.29 bits per heavy atom. The van der Waals surface area contributed by atoms with Crippen LogP contribution in [-0.4, -0.2) is 52.0 Å². The minimum absolute atomic E-state index is 0.0205. The summed E-state index contributed by atoms with van der Waals surface area (Å²) in [4.78, 5) is 13.9. The van der Waals surface area contributed by atoms with Gasteiger partial charge in [0.2, 0.25) is 0 Å². The third-order valence-corrected chi connectivity index (χ3v) is 3.21. The fourth-order valence-electron chi connectivity index (χ4n) is 2.00. The Kier molecular flexibility index (Phi) is 2.64. The molecule has 6 nitrogen and oxygen atoms in total. The zero-order chi connectivity index (χ0) is 11.7. The van der Waals surface area contributed by atoms with Crippen LogP contribution < -0.4 is 5.32 Å². The average molecular weight is 233 g/mol. The highest BCUT2D eigenvalue weighted by Gasteiger charge is 2.23. The molecule has 0 saturated carbocycles. The van der Waals surface area contributed by atoms with Gasteiger partial charge in [-0.25, -0.2) is 4.68 Å². The lowest BCUT2D eigenvalue weighted by Crippen LogP contribution is -2.43. The number of amides is 1. The lowest BCUT2D eigenvalue weighted by molar-refractivity contribution is 0.0765. The summed E-state index contributed by atoms with van der Waals surface area (Å²) in [6.45, 7) is 3.26. The zero-order valence-corrected chi connectivity index (χ0v) is 9.54. The summed E-state index contributed by atoms with van der Waals surface area (Å²) >= 11 is 0. The van der Waals surface area contributed by atoms with Gasteiger partial charge in [0.1, 0.15) is 0 Å². The Labute approximate surface area is 99.3 Å². The van der Waals surface area contributed by atoms with Crippen LogP contribution in [0.3, 0.4) is 0 Å². The second kappa shape index (κ2) is 4.29. The third-order valence-electron chi connectivity index (χ3n) is 3.21. The van der Waals surface area contributed by atoms with Crippen molar-refractivity contribution < 1.29 is 4.79 Å². The van der Waals surface area contributed by atoms with Crippen molar-refractivity contribution in [2.45, 2.75) is 12.5 Å². The van der Waals surface area contributed by atoms with Gasteiger partial charge in [0.05, 0.1) is 12.2 Å². The number of carbonyl (C=O) groups is 1. The van der Waals surface area contributed by atoms with E-state index in [1.807, 2.05) is 6.08 Å². The van der Waals surface area contributed by atoms with Gasteiger partial charge in [-0.3, -0.25) is 4.79 Å². The van der Waals surface area contributed by atoms with Crippen molar-refractivity contribution in [3.05, 3.63) is 24.0 Å². The summed E-state index contributed by atoms with van der Waals surface area (Å²) in [5, 5.41) is 11.1.